The van der Waals surface area contributed by atoms with Crippen LogP contribution in [0.2, 0.25) is 10.0 Å². The zero-order chi connectivity index (χ0) is 11.1. The van der Waals surface area contributed by atoms with Crippen molar-refractivity contribution in [3.8, 4) is 0 Å². The minimum atomic E-state index is 0.714. The quantitative estimate of drug-likeness (QED) is 0.772. The van der Waals surface area contributed by atoms with Crippen molar-refractivity contribution in [3.63, 3.8) is 0 Å². The van der Waals surface area contributed by atoms with Crippen molar-refractivity contribution in [3.05, 3.63) is 39.9 Å². The molecule has 0 bridgehead atoms. The normalized spacial score (nSPS) is 11.1. The molecule has 1 nitrogen and oxygen atoms in total. The lowest BCUT2D eigenvalue weighted by molar-refractivity contribution is 0.727. The van der Waals surface area contributed by atoms with Crippen LogP contribution in [-0.2, 0) is 0 Å². The van der Waals surface area contributed by atoms with E-state index < -0.39 is 0 Å². The molecule has 0 aliphatic rings. The Morgan fingerprint density at radius 3 is 2.87 bits per heavy atom. The third kappa shape index (κ3) is 4.70. The fraction of sp³-hybridized carbons (Fsp3) is 0.333. The van der Waals surface area contributed by atoms with Gasteiger partial charge in [0.15, 0.2) is 0 Å². The van der Waals surface area contributed by atoms with E-state index in [1.807, 2.05) is 18.2 Å². The van der Waals surface area contributed by atoms with Crippen LogP contribution in [0.5, 0.6) is 0 Å². The van der Waals surface area contributed by atoms with Crippen LogP contribution in [0.25, 0.3) is 6.08 Å². The number of hydrogen-bond donors (Lipinski definition) is 1. The highest BCUT2D eigenvalue weighted by atomic mass is 35.5. The van der Waals surface area contributed by atoms with Crippen molar-refractivity contribution in [1.82, 2.24) is 5.32 Å². The lowest BCUT2D eigenvalue weighted by atomic mass is 10.2. The Morgan fingerprint density at radius 1 is 1.33 bits per heavy atom. The molecule has 82 valence electrons. The topological polar surface area (TPSA) is 12.0 Å². The molecule has 0 radical (unpaired) electrons. The highest BCUT2D eigenvalue weighted by Gasteiger charge is 1.96. The number of halogens is 2. The van der Waals surface area contributed by atoms with E-state index in [9.17, 15) is 0 Å². The van der Waals surface area contributed by atoms with Gasteiger partial charge in [-0.3, -0.25) is 0 Å². The molecule has 0 heterocycles. The van der Waals surface area contributed by atoms with Gasteiger partial charge in [0.05, 0.1) is 0 Å². The molecule has 15 heavy (non-hydrogen) atoms. The van der Waals surface area contributed by atoms with Crippen molar-refractivity contribution < 1.29 is 0 Å². The molecule has 0 spiro atoms. The lowest BCUT2D eigenvalue weighted by Gasteiger charge is -1.99. The molecular formula is C12H15Cl2N. The Bertz CT molecular complexity index is 334. The Hall–Kier alpha value is -0.500. The molecule has 1 rings (SSSR count). The first-order chi connectivity index (χ1) is 7.24. The van der Waals surface area contributed by atoms with E-state index in [4.69, 9.17) is 23.2 Å². The zero-order valence-corrected chi connectivity index (χ0v) is 10.3. The molecule has 0 atom stereocenters. The molecule has 0 saturated heterocycles. The summed E-state index contributed by atoms with van der Waals surface area (Å²) in [5, 5.41) is 4.70. The highest BCUT2D eigenvalue weighted by molar-refractivity contribution is 6.34. The van der Waals surface area contributed by atoms with Gasteiger partial charge in [0.25, 0.3) is 0 Å². The first kappa shape index (κ1) is 12.6. The van der Waals surface area contributed by atoms with Gasteiger partial charge >= 0.3 is 0 Å². The van der Waals surface area contributed by atoms with Gasteiger partial charge in [0.2, 0.25) is 0 Å². The number of hydrogen-bond acceptors (Lipinski definition) is 1. The summed E-state index contributed by atoms with van der Waals surface area (Å²) < 4.78 is 0. The van der Waals surface area contributed by atoms with E-state index in [1.54, 1.807) is 6.07 Å². The molecule has 0 fully saturated rings. The van der Waals surface area contributed by atoms with Gasteiger partial charge in [-0.05, 0) is 43.3 Å². The molecule has 1 aromatic rings. The summed E-state index contributed by atoms with van der Waals surface area (Å²) in [6.45, 7) is 4.09. The van der Waals surface area contributed by atoms with E-state index >= 15 is 0 Å². The first-order valence-corrected chi connectivity index (χ1v) is 5.82. The van der Waals surface area contributed by atoms with Gasteiger partial charge in [-0.1, -0.05) is 42.3 Å². The van der Waals surface area contributed by atoms with Gasteiger partial charge < -0.3 is 5.32 Å². The van der Waals surface area contributed by atoms with Crippen LogP contribution in [0.4, 0.5) is 0 Å². The second-order valence-electron chi connectivity index (χ2n) is 3.21. The number of nitrogens with one attached hydrogen (secondary N) is 1. The van der Waals surface area contributed by atoms with Crippen LogP contribution in [-0.4, -0.2) is 13.1 Å². The predicted octanol–water partition coefficient (Wildman–Crippen LogP) is 4.01. The summed E-state index contributed by atoms with van der Waals surface area (Å²) in [4.78, 5) is 0. The fourth-order valence-corrected chi connectivity index (χ4v) is 1.58. The van der Waals surface area contributed by atoms with Gasteiger partial charge in [-0.15, -0.1) is 0 Å². The Morgan fingerprint density at radius 2 is 2.13 bits per heavy atom. The van der Waals surface area contributed by atoms with E-state index in [2.05, 4.69) is 18.3 Å². The van der Waals surface area contributed by atoms with Gasteiger partial charge in [0.1, 0.15) is 0 Å². The summed E-state index contributed by atoms with van der Waals surface area (Å²) in [7, 11) is 0. The Labute approximate surface area is 101 Å². The van der Waals surface area contributed by atoms with E-state index in [-0.39, 0.29) is 0 Å². The zero-order valence-electron chi connectivity index (χ0n) is 8.76. The third-order valence-corrected chi connectivity index (χ3v) is 2.57. The summed E-state index contributed by atoms with van der Waals surface area (Å²) in [5.41, 5.74) is 0.973. The largest absolute Gasteiger partial charge is 0.317 e. The Balaban J connectivity index is 2.52. The lowest BCUT2D eigenvalue weighted by Crippen LogP contribution is -2.12. The summed E-state index contributed by atoms with van der Waals surface area (Å²) in [6.07, 6.45) is 5.10. The minimum absolute atomic E-state index is 0.714. The maximum absolute atomic E-state index is 6.01. The number of rotatable bonds is 5. The Kier molecular flexibility index (Phi) is 5.77. The molecular weight excluding hydrogens is 229 g/mol. The first-order valence-electron chi connectivity index (χ1n) is 5.06. The molecule has 0 aliphatic heterocycles. The smallest absolute Gasteiger partial charge is 0.0479 e. The van der Waals surface area contributed by atoms with Crippen molar-refractivity contribution in [2.75, 3.05) is 13.1 Å². The average molecular weight is 244 g/mol. The molecule has 0 unspecified atom stereocenters. The SMILES string of the molecule is CCNCCC=Cc1cc(Cl)ccc1Cl. The van der Waals surface area contributed by atoms with Gasteiger partial charge in [-0.25, -0.2) is 0 Å². The van der Waals surface area contributed by atoms with Crippen LogP contribution in [0, 0.1) is 0 Å². The molecule has 1 aromatic carbocycles. The van der Waals surface area contributed by atoms with Crippen molar-refractivity contribution in [2.24, 2.45) is 0 Å². The maximum Gasteiger partial charge on any atom is 0.0479 e. The molecule has 0 saturated carbocycles. The monoisotopic (exact) mass is 243 g/mol. The van der Waals surface area contributed by atoms with E-state index in [0.29, 0.717) is 5.02 Å². The molecule has 1 N–H and O–H groups in total. The standard InChI is InChI=1S/C12H15Cl2N/c1-2-15-8-4-3-5-10-9-11(13)6-7-12(10)14/h3,5-7,9,15H,2,4,8H2,1H3. The maximum atomic E-state index is 6.01. The van der Waals surface area contributed by atoms with E-state index in [1.165, 1.54) is 0 Å². The molecule has 0 amide bonds. The minimum Gasteiger partial charge on any atom is -0.317 e. The predicted molar refractivity (Wildman–Crippen MR) is 68.7 cm³/mol. The van der Waals surface area contributed by atoms with Crippen molar-refractivity contribution in [1.29, 1.82) is 0 Å². The average Bonchev–Trinajstić information content (AvgIpc) is 2.23. The summed E-state index contributed by atoms with van der Waals surface area (Å²) in [6, 6.07) is 5.47. The summed E-state index contributed by atoms with van der Waals surface area (Å²) >= 11 is 11.9. The van der Waals surface area contributed by atoms with Crippen molar-refractivity contribution in [2.45, 2.75) is 13.3 Å². The number of benzene rings is 1. The van der Waals surface area contributed by atoms with Crippen LogP contribution in [0.15, 0.2) is 24.3 Å². The molecule has 0 aliphatic carbocycles. The second-order valence-corrected chi connectivity index (χ2v) is 4.05. The van der Waals surface area contributed by atoms with E-state index in [0.717, 1.165) is 30.1 Å². The fourth-order valence-electron chi connectivity index (χ4n) is 1.21. The van der Waals surface area contributed by atoms with Crippen molar-refractivity contribution >= 4 is 29.3 Å². The van der Waals surface area contributed by atoms with Crippen LogP contribution in [0.1, 0.15) is 18.9 Å². The molecule has 0 aromatic heterocycles. The third-order valence-electron chi connectivity index (χ3n) is 1.99. The molecule has 3 heteroatoms. The van der Waals surface area contributed by atoms with Gasteiger partial charge in [0, 0.05) is 10.0 Å². The second kappa shape index (κ2) is 6.89. The van der Waals surface area contributed by atoms with Crippen LogP contribution < -0.4 is 5.32 Å². The van der Waals surface area contributed by atoms with Gasteiger partial charge in [-0.2, -0.15) is 0 Å². The van der Waals surface area contributed by atoms with Crippen LogP contribution in [0.3, 0.4) is 0 Å². The highest BCUT2D eigenvalue weighted by Crippen LogP contribution is 2.21. The summed E-state index contributed by atoms with van der Waals surface area (Å²) in [5.74, 6) is 0. The van der Waals surface area contributed by atoms with Crippen LogP contribution >= 0.6 is 23.2 Å².